The Morgan fingerprint density at radius 3 is 2.41 bits per heavy atom. The van der Waals surface area contributed by atoms with Gasteiger partial charge < -0.3 is 10.0 Å². The van der Waals surface area contributed by atoms with Crippen LogP contribution < -0.4 is 5.46 Å². The van der Waals surface area contributed by atoms with Crippen LogP contribution in [0.5, 0.6) is 0 Å². The number of hydrogen-bond donors (Lipinski definition) is 2. The van der Waals surface area contributed by atoms with Crippen molar-refractivity contribution >= 4 is 36.1 Å². The largest absolute Gasteiger partial charge is 0.489 e. The fourth-order valence-electron chi connectivity index (χ4n) is 2.02. The highest BCUT2D eigenvalue weighted by Crippen LogP contribution is 2.46. The molecule has 0 saturated carbocycles. The van der Waals surface area contributed by atoms with Crippen LogP contribution in [0.15, 0.2) is 52.3 Å². The average Bonchev–Trinajstić information content (AvgIpc) is 2.35. The van der Waals surface area contributed by atoms with E-state index in [1.54, 1.807) is 29.6 Å². The molecule has 2 unspecified atom stereocenters. The lowest BCUT2D eigenvalue weighted by atomic mass is 9.80. The number of rotatable bonds is 1. The maximum atomic E-state index is 9.38. The summed E-state index contributed by atoms with van der Waals surface area (Å²) in [6.45, 7) is 0. The summed E-state index contributed by atoms with van der Waals surface area (Å²) in [6, 6.07) is 5.70. The van der Waals surface area contributed by atoms with Gasteiger partial charge in [-0.1, -0.05) is 36.4 Å². The molecular formula is C12H11BO2S2. The molecule has 17 heavy (non-hydrogen) atoms. The molecule has 5 heteroatoms. The average molecular weight is 262 g/mol. The van der Waals surface area contributed by atoms with Crippen LogP contribution in [-0.2, 0) is 0 Å². The van der Waals surface area contributed by atoms with Crippen LogP contribution in [-0.4, -0.2) is 27.7 Å². The second-order valence-electron chi connectivity index (χ2n) is 3.98. The van der Waals surface area contributed by atoms with Crippen molar-refractivity contribution in [2.24, 2.45) is 0 Å². The van der Waals surface area contributed by atoms with E-state index >= 15 is 0 Å². The van der Waals surface area contributed by atoms with E-state index in [0.717, 1.165) is 9.79 Å². The molecule has 2 atom stereocenters. The van der Waals surface area contributed by atoms with Crippen LogP contribution in [0.1, 0.15) is 0 Å². The fourth-order valence-corrected chi connectivity index (χ4v) is 4.87. The molecule has 86 valence electrons. The molecular weight excluding hydrogens is 251 g/mol. The Kier molecular flexibility index (Phi) is 3.09. The molecule has 0 radical (unpaired) electrons. The molecule has 0 aromatic heterocycles. The number of thioether (sulfide) groups is 2. The first-order valence-electron chi connectivity index (χ1n) is 5.43. The lowest BCUT2D eigenvalue weighted by Gasteiger charge is -2.30. The maximum absolute atomic E-state index is 9.38. The van der Waals surface area contributed by atoms with Crippen LogP contribution >= 0.6 is 23.5 Å². The summed E-state index contributed by atoms with van der Waals surface area (Å²) < 4.78 is 0. The van der Waals surface area contributed by atoms with Crippen LogP contribution in [0.4, 0.5) is 0 Å². The van der Waals surface area contributed by atoms with Crippen LogP contribution in [0.2, 0.25) is 0 Å². The highest BCUT2D eigenvalue weighted by Gasteiger charge is 2.31. The van der Waals surface area contributed by atoms with Gasteiger partial charge in [0.05, 0.1) is 0 Å². The Balaban J connectivity index is 2.03. The zero-order chi connectivity index (χ0) is 11.8. The number of fused-ring (bicyclic) bond motifs is 2. The molecule has 2 nitrogen and oxygen atoms in total. The van der Waals surface area contributed by atoms with Crippen molar-refractivity contribution in [1.29, 1.82) is 0 Å². The predicted molar refractivity (Wildman–Crippen MR) is 73.8 cm³/mol. The van der Waals surface area contributed by atoms with Crippen LogP contribution in [0, 0.1) is 0 Å². The van der Waals surface area contributed by atoms with E-state index in [0.29, 0.717) is 16.0 Å². The van der Waals surface area contributed by atoms with Crippen molar-refractivity contribution in [3.05, 3.63) is 42.5 Å². The molecule has 2 aliphatic rings. The van der Waals surface area contributed by atoms with Crippen molar-refractivity contribution in [1.82, 2.24) is 0 Å². The third kappa shape index (κ3) is 2.08. The Hall–Kier alpha value is -0.615. The van der Waals surface area contributed by atoms with Gasteiger partial charge in [0.1, 0.15) is 0 Å². The molecule has 0 spiro atoms. The van der Waals surface area contributed by atoms with Gasteiger partial charge in [0.2, 0.25) is 0 Å². The topological polar surface area (TPSA) is 40.5 Å². The molecule has 0 amide bonds. The summed E-state index contributed by atoms with van der Waals surface area (Å²) in [4.78, 5) is 2.15. The van der Waals surface area contributed by atoms with Crippen LogP contribution in [0.3, 0.4) is 0 Å². The van der Waals surface area contributed by atoms with Gasteiger partial charge in [0.25, 0.3) is 0 Å². The maximum Gasteiger partial charge on any atom is 0.489 e. The molecule has 1 aromatic carbocycles. The molecule has 1 heterocycles. The first-order valence-corrected chi connectivity index (χ1v) is 7.19. The van der Waals surface area contributed by atoms with Gasteiger partial charge in [0, 0.05) is 20.3 Å². The van der Waals surface area contributed by atoms with Gasteiger partial charge in [-0.25, -0.2) is 0 Å². The minimum Gasteiger partial charge on any atom is -0.423 e. The highest BCUT2D eigenvalue weighted by molar-refractivity contribution is 8.06. The Bertz CT molecular complexity index is 499. The summed E-state index contributed by atoms with van der Waals surface area (Å²) in [5, 5.41) is 19.6. The van der Waals surface area contributed by atoms with E-state index in [1.165, 1.54) is 0 Å². The Morgan fingerprint density at radius 1 is 1.00 bits per heavy atom. The Morgan fingerprint density at radius 2 is 1.71 bits per heavy atom. The second-order valence-corrected chi connectivity index (χ2v) is 6.39. The number of hydrogen-bond acceptors (Lipinski definition) is 4. The monoisotopic (exact) mass is 262 g/mol. The highest BCUT2D eigenvalue weighted by atomic mass is 32.2. The second kappa shape index (κ2) is 4.57. The SMILES string of the molecule is OB(O)c1cccc2c1SC1C=CC=CC1S2. The normalized spacial score (nSPS) is 25.3. The van der Waals surface area contributed by atoms with Crippen molar-refractivity contribution in [3.8, 4) is 0 Å². The third-order valence-corrected chi connectivity index (χ3v) is 5.87. The molecule has 1 aliphatic heterocycles. The van der Waals surface area contributed by atoms with E-state index in [2.05, 4.69) is 24.3 Å². The van der Waals surface area contributed by atoms with E-state index in [-0.39, 0.29) is 0 Å². The van der Waals surface area contributed by atoms with Gasteiger partial charge in [-0.05, 0) is 11.5 Å². The van der Waals surface area contributed by atoms with Crippen LogP contribution in [0.25, 0.3) is 0 Å². The molecule has 0 fully saturated rings. The fraction of sp³-hybridized carbons (Fsp3) is 0.167. The van der Waals surface area contributed by atoms with Gasteiger partial charge in [-0.15, -0.1) is 23.5 Å². The van der Waals surface area contributed by atoms with Crippen molar-refractivity contribution < 1.29 is 10.0 Å². The summed E-state index contributed by atoms with van der Waals surface area (Å²) >= 11 is 3.51. The third-order valence-electron chi connectivity index (χ3n) is 2.84. The zero-order valence-corrected chi connectivity index (χ0v) is 10.6. The smallest absolute Gasteiger partial charge is 0.423 e. The number of benzene rings is 1. The van der Waals surface area contributed by atoms with Crippen molar-refractivity contribution in [2.75, 3.05) is 0 Å². The van der Waals surface area contributed by atoms with E-state index in [4.69, 9.17) is 0 Å². The number of allylic oxidation sites excluding steroid dienone is 2. The predicted octanol–water partition coefficient (Wildman–Crippen LogP) is 1.43. The lowest BCUT2D eigenvalue weighted by Crippen LogP contribution is -2.34. The molecule has 1 aromatic rings. The van der Waals surface area contributed by atoms with Gasteiger partial charge in [-0.3, -0.25) is 0 Å². The summed E-state index contributed by atoms with van der Waals surface area (Å²) in [7, 11) is -1.39. The molecule has 0 saturated heterocycles. The van der Waals surface area contributed by atoms with Crippen molar-refractivity contribution in [3.63, 3.8) is 0 Å². The summed E-state index contributed by atoms with van der Waals surface area (Å²) in [5.74, 6) is 0. The quantitative estimate of drug-likeness (QED) is 0.751. The van der Waals surface area contributed by atoms with Gasteiger partial charge in [-0.2, -0.15) is 0 Å². The van der Waals surface area contributed by atoms with E-state index < -0.39 is 7.12 Å². The molecule has 0 bridgehead atoms. The zero-order valence-electron chi connectivity index (χ0n) is 8.98. The first kappa shape index (κ1) is 11.5. The Labute approximate surface area is 109 Å². The van der Waals surface area contributed by atoms with Gasteiger partial charge >= 0.3 is 7.12 Å². The van der Waals surface area contributed by atoms with Crippen molar-refractivity contribution in [2.45, 2.75) is 20.3 Å². The van der Waals surface area contributed by atoms with E-state index in [9.17, 15) is 10.0 Å². The molecule has 1 aliphatic carbocycles. The lowest BCUT2D eigenvalue weighted by molar-refractivity contribution is 0.424. The molecule has 2 N–H and O–H groups in total. The minimum atomic E-state index is -1.39. The van der Waals surface area contributed by atoms with Gasteiger partial charge in [0.15, 0.2) is 0 Å². The first-order chi connectivity index (χ1) is 8.25. The standard InChI is InChI=1S/C12H11BO2S2/c14-13(15)8-4-3-7-11-12(8)17-10-6-2-1-5-9(10)16-11/h1-7,9-10,14-15H. The summed E-state index contributed by atoms with van der Waals surface area (Å²) in [5.41, 5.74) is 0.612. The molecule has 3 rings (SSSR count). The minimum absolute atomic E-state index is 0.386. The summed E-state index contributed by atoms with van der Waals surface area (Å²) in [6.07, 6.45) is 8.50. The van der Waals surface area contributed by atoms with E-state index in [1.807, 2.05) is 12.1 Å².